The molecule has 0 spiro atoms. The van der Waals surface area contributed by atoms with Crippen LogP contribution in [0.25, 0.3) is 0 Å². The van der Waals surface area contributed by atoms with Crippen LogP contribution in [0.2, 0.25) is 0 Å². The van der Waals surface area contributed by atoms with E-state index in [4.69, 9.17) is 16.6 Å². The first-order valence-electron chi connectivity index (χ1n) is 3.62. The lowest BCUT2D eigenvalue weighted by Crippen LogP contribution is -2.42. The second-order valence-corrected chi connectivity index (χ2v) is 3.13. The maximum atomic E-state index is 9.46. The fourth-order valence-electron chi connectivity index (χ4n) is 1.46. The summed E-state index contributed by atoms with van der Waals surface area (Å²) in [7, 11) is 0. The molecule has 1 fully saturated rings. The Morgan fingerprint density at radius 3 is 2.09 bits per heavy atom. The highest BCUT2D eigenvalue weighted by atomic mass is 16.3. The molecule has 2 atom stereocenters. The summed E-state index contributed by atoms with van der Waals surface area (Å²) >= 11 is 0. The summed E-state index contributed by atoms with van der Waals surface area (Å²) in [5.41, 5.74) is -1.31. The van der Waals surface area contributed by atoms with Crippen molar-refractivity contribution in [3.05, 3.63) is 0 Å². The summed E-state index contributed by atoms with van der Waals surface area (Å²) in [5, 5.41) is 27.7. The van der Waals surface area contributed by atoms with E-state index in [9.17, 15) is 5.11 Å². The van der Waals surface area contributed by atoms with Gasteiger partial charge in [-0.15, -0.1) is 6.42 Å². The van der Waals surface area contributed by atoms with Gasteiger partial charge in [0.2, 0.25) is 0 Å². The van der Waals surface area contributed by atoms with Crippen LogP contribution in [0.1, 0.15) is 19.3 Å². The van der Waals surface area contributed by atoms with Crippen LogP contribution in [-0.2, 0) is 0 Å². The average molecular weight is 156 g/mol. The average Bonchev–Trinajstić information content (AvgIpc) is 1.84. The smallest absolute Gasteiger partial charge is 0.130 e. The van der Waals surface area contributed by atoms with Crippen LogP contribution in [0.4, 0.5) is 0 Å². The topological polar surface area (TPSA) is 60.7 Å². The van der Waals surface area contributed by atoms with Crippen LogP contribution >= 0.6 is 0 Å². The van der Waals surface area contributed by atoms with Crippen molar-refractivity contribution in [1.82, 2.24) is 0 Å². The number of hydrogen-bond donors (Lipinski definition) is 3. The van der Waals surface area contributed by atoms with E-state index in [0.29, 0.717) is 6.42 Å². The highest BCUT2D eigenvalue weighted by Gasteiger charge is 2.36. The molecule has 2 unspecified atom stereocenters. The molecule has 0 saturated heterocycles. The van der Waals surface area contributed by atoms with Gasteiger partial charge in [-0.25, -0.2) is 0 Å². The van der Waals surface area contributed by atoms with Gasteiger partial charge in [-0.05, 0) is 6.42 Å². The molecule has 0 aromatic carbocycles. The van der Waals surface area contributed by atoms with Crippen molar-refractivity contribution in [2.24, 2.45) is 0 Å². The van der Waals surface area contributed by atoms with E-state index >= 15 is 0 Å². The molecule has 0 aromatic rings. The lowest BCUT2D eigenvalue weighted by molar-refractivity contribution is -0.0584. The second-order valence-electron chi connectivity index (χ2n) is 3.13. The molecule has 11 heavy (non-hydrogen) atoms. The van der Waals surface area contributed by atoms with Gasteiger partial charge in [0, 0.05) is 12.8 Å². The predicted octanol–water partition coefficient (Wildman–Crippen LogP) is -0.744. The van der Waals surface area contributed by atoms with Gasteiger partial charge in [0.25, 0.3) is 0 Å². The van der Waals surface area contributed by atoms with E-state index in [1.165, 1.54) is 0 Å². The summed E-state index contributed by atoms with van der Waals surface area (Å²) in [6.07, 6.45) is 4.32. The molecule has 3 heteroatoms. The first kappa shape index (κ1) is 8.54. The molecule has 0 heterocycles. The van der Waals surface area contributed by atoms with Crippen molar-refractivity contribution in [3.8, 4) is 12.3 Å². The van der Waals surface area contributed by atoms with Gasteiger partial charge in [-0.1, -0.05) is 5.92 Å². The summed E-state index contributed by atoms with van der Waals surface area (Å²) in [6.45, 7) is 0. The highest BCUT2D eigenvalue weighted by Crippen LogP contribution is 2.27. The normalized spacial score (nSPS) is 44.9. The van der Waals surface area contributed by atoms with Crippen LogP contribution in [-0.4, -0.2) is 33.1 Å². The monoisotopic (exact) mass is 156 g/mol. The lowest BCUT2D eigenvalue weighted by atomic mass is 9.82. The molecule has 0 amide bonds. The molecule has 3 N–H and O–H groups in total. The van der Waals surface area contributed by atoms with Crippen LogP contribution < -0.4 is 0 Å². The first-order valence-corrected chi connectivity index (χ1v) is 3.62. The van der Waals surface area contributed by atoms with E-state index in [1.807, 2.05) is 0 Å². The molecule has 0 aliphatic heterocycles. The van der Waals surface area contributed by atoms with Gasteiger partial charge in [0.05, 0.1) is 12.2 Å². The Labute approximate surface area is 65.7 Å². The van der Waals surface area contributed by atoms with Crippen LogP contribution in [0.15, 0.2) is 0 Å². The third-order valence-corrected chi connectivity index (χ3v) is 1.96. The molecule has 0 aromatic heterocycles. The Kier molecular flexibility index (Phi) is 2.19. The van der Waals surface area contributed by atoms with E-state index in [1.54, 1.807) is 0 Å². The maximum Gasteiger partial charge on any atom is 0.130 e. The van der Waals surface area contributed by atoms with E-state index in [0.717, 1.165) is 0 Å². The summed E-state index contributed by atoms with van der Waals surface area (Å²) in [4.78, 5) is 0. The molecule has 1 saturated carbocycles. The third kappa shape index (κ3) is 1.93. The van der Waals surface area contributed by atoms with Crippen molar-refractivity contribution in [3.63, 3.8) is 0 Å². The minimum Gasteiger partial charge on any atom is -0.393 e. The van der Waals surface area contributed by atoms with Crippen molar-refractivity contribution >= 4 is 0 Å². The Morgan fingerprint density at radius 1 is 1.27 bits per heavy atom. The number of aliphatic hydroxyl groups excluding tert-OH is 2. The Morgan fingerprint density at radius 2 is 1.73 bits per heavy atom. The van der Waals surface area contributed by atoms with E-state index in [-0.39, 0.29) is 12.8 Å². The third-order valence-electron chi connectivity index (χ3n) is 1.96. The zero-order chi connectivity index (χ0) is 8.48. The van der Waals surface area contributed by atoms with Crippen molar-refractivity contribution in [2.75, 3.05) is 0 Å². The van der Waals surface area contributed by atoms with E-state index in [2.05, 4.69) is 5.92 Å². The van der Waals surface area contributed by atoms with Gasteiger partial charge >= 0.3 is 0 Å². The molecule has 1 rings (SSSR count). The van der Waals surface area contributed by atoms with Crippen LogP contribution in [0.5, 0.6) is 0 Å². The molecule has 0 bridgehead atoms. The number of aliphatic hydroxyl groups is 3. The summed E-state index contributed by atoms with van der Waals surface area (Å²) in [6, 6.07) is 0. The van der Waals surface area contributed by atoms with Gasteiger partial charge in [0.15, 0.2) is 0 Å². The van der Waals surface area contributed by atoms with Crippen molar-refractivity contribution < 1.29 is 15.3 Å². The van der Waals surface area contributed by atoms with Crippen molar-refractivity contribution in [1.29, 1.82) is 0 Å². The largest absolute Gasteiger partial charge is 0.393 e. The summed E-state index contributed by atoms with van der Waals surface area (Å²) in [5.74, 6) is 2.18. The van der Waals surface area contributed by atoms with Gasteiger partial charge < -0.3 is 15.3 Å². The quantitative estimate of drug-likeness (QED) is 0.405. The number of rotatable bonds is 0. The second kappa shape index (κ2) is 2.82. The molecule has 62 valence electrons. The maximum absolute atomic E-state index is 9.46. The minimum atomic E-state index is -1.31. The van der Waals surface area contributed by atoms with Gasteiger partial charge in [0.1, 0.15) is 5.60 Å². The summed E-state index contributed by atoms with van der Waals surface area (Å²) < 4.78 is 0. The lowest BCUT2D eigenvalue weighted by Gasteiger charge is -2.33. The number of terminal acetylenes is 1. The Balaban J connectivity index is 2.64. The van der Waals surface area contributed by atoms with Gasteiger partial charge in [-0.3, -0.25) is 0 Å². The molecular formula is C8H12O3. The van der Waals surface area contributed by atoms with Crippen molar-refractivity contribution in [2.45, 2.75) is 37.1 Å². The van der Waals surface area contributed by atoms with Gasteiger partial charge in [-0.2, -0.15) is 0 Å². The predicted molar refractivity (Wildman–Crippen MR) is 39.6 cm³/mol. The zero-order valence-electron chi connectivity index (χ0n) is 6.20. The molecule has 1 aliphatic rings. The van der Waals surface area contributed by atoms with Crippen LogP contribution in [0.3, 0.4) is 0 Å². The SMILES string of the molecule is C#CC1(O)CC(O)CC(O)C1. The molecule has 1 aliphatic carbocycles. The fourth-order valence-corrected chi connectivity index (χ4v) is 1.46. The Hall–Kier alpha value is -0.560. The number of hydrogen-bond acceptors (Lipinski definition) is 3. The Bertz CT molecular complexity index is 172. The van der Waals surface area contributed by atoms with E-state index < -0.39 is 17.8 Å². The molecule has 3 nitrogen and oxygen atoms in total. The highest BCUT2D eigenvalue weighted by molar-refractivity contribution is 5.11. The molecular weight excluding hydrogens is 144 g/mol. The molecule has 0 radical (unpaired) electrons. The first-order chi connectivity index (χ1) is 5.06. The van der Waals surface area contributed by atoms with Crippen LogP contribution in [0, 0.1) is 12.3 Å². The zero-order valence-corrected chi connectivity index (χ0v) is 6.20. The standard InChI is InChI=1S/C8H12O3/c1-2-8(11)4-6(9)3-7(10)5-8/h1,6-7,9-11H,3-5H2. The fraction of sp³-hybridized carbons (Fsp3) is 0.750. The minimum absolute atomic E-state index is 0.167.